The van der Waals surface area contributed by atoms with E-state index >= 15 is 0 Å². The van der Waals surface area contributed by atoms with Crippen LogP contribution in [-0.4, -0.2) is 29.5 Å². The first kappa shape index (κ1) is 11.5. The first-order chi connectivity index (χ1) is 6.72. The highest BCUT2D eigenvalue weighted by Gasteiger charge is 2.03. The quantitative estimate of drug-likeness (QED) is 0.845. The van der Waals surface area contributed by atoms with Gasteiger partial charge in [-0.3, -0.25) is 0 Å². The summed E-state index contributed by atoms with van der Waals surface area (Å²) in [7, 11) is 0. The average molecular weight is 261 g/mol. The van der Waals surface area contributed by atoms with E-state index in [-0.39, 0.29) is 13.2 Å². The summed E-state index contributed by atoms with van der Waals surface area (Å²) in [6.45, 7) is 0.181. The van der Waals surface area contributed by atoms with Gasteiger partial charge >= 0.3 is 0 Å². The van der Waals surface area contributed by atoms with Gasteiger partial charge in [0.25, 0.3) is 0 Å². The maximum atomic E-state index is 9.28. The number of hydrogen-bond donors (Lipinski definition) is 2. The van der Waals surface area contributed by atoms with Gasteiger partial charge in [0, 0.05) is 11.1 Å². The van der Waals surface area contributed by atoms with Crippen LogP contribution in [0.5, 0.6) is 5.75 Å². The number of rotatable bonds is 5. The van der Waals surface area contributed by atoms with Gasteiger partial charge in [-0.05, 0) is 24.6 Å². The second-order valence-corrected chi connectivity index (χ2v) is 3.85. The Kier molecular flexibility index (Phi) is 4.93. The third-order valence-electron chi connectivity index (χ3n) is 1.70. The summed E-state index contributed by atoms with van der Waals surface area (Å²) < 4.78 is 6.25. The fourth-order valence-electron chi connectivity index (χ4n) is 0.982. The molecule has 0 spiro atoms. The SMILES string of the molecule is OCCC(O)COc1cccc(Br)c1. The summed E-state index contributed by atoms with van der Waals surface area (Å²) >= 11 is 3.32. The molecule has 0 saturated heterocycles. The zero-order valence-electron chi connectivity index (χ0n) is 7.69. The highest BCUT2D eigenvalue weighted by atomic mass is 79.9. The zero-order chi connectivity index (χ0) is 10.4. The third kappa shape index (κ3) is 4.09. The van der Waals surface area contributed by atoms with Gasteiger partial charge in [0.05, 0.1) is 6.10 Å². The maximum absolute atomic E-state index is 9.28. The minimum Gasteiger partial charge on any atom is -0.491 e. The Morgan fingerprint density at radius 1 is 1.43 bits per heavy atom. The lowest BCUT2D eigenvalue weighted by Gasteiger charge is -2.10. The summed E-state index contributed by atoms with van der Waals surface area (Å²) in [5, 5.41) is 17.8. The summed E-state index contributed by atoms with van der Waals surface area (Å²) in [5.74, 6) is 0.705. The molecule has 0 aliphatic carbocycles. The largest absolute Gasteiger partial charge is 0.491 e. The zero-order valence-corrected chi connectivity index (χ0v) is 9.27. The number of aliphatic hydroxyl groups is 2. The molecule has 0 saturated carbocycles. The van der Waals surface area contributed by atoms with Crippen molar-refractivity contribution in [2.75, 3.05) is 13.2 Å². The first-order valence-electron chi connectivity index (χ1n) is 4.39. The summed E-state index contributed by atoms with van der Waals surface area (Å²) in [6.07, 6.45) is -0.271. The summed E-state index contributed by atoms with van der Waals surface area (Å²) in [5.41, 5.74) is 0. The molecule has 1 aromatic carbocycles. The second kappa shape index (κ2) is 6.01. The monoisotopic (exact) mass is 260 g/mol. The fraction of sp³-hybridized carbons (Fsp3) is 0.400. The van der Waals surface area contributed by atoms with Crippen molar-refractivity contribution < 1.29 is 14.9 Å². The van der Waals surface area contributed by atoms with E-state index in [9.17, 15) is 5.11 Å². The van der Waals surface area contributed by atoms with E-state index in [2.05, 4.69) is 15.9 Å². The smallest absolute Gasteiger partial charge is 0.120 e. The van der Waals surface area contributed by atoms with Crippen LogP contribution in [0.3, 0.4) is 0 Å². The normalized spacial score (nSPS) is 12.5. The molecule has 14 heavy (non-hydrogen) atoms. The Hall–Kier alpha value is -0.580. The second-order valence-electron chi connectivity index (χ2n) is 2.93. The molecule has 0 aliphatic rings. The van der Waals surface area contributed by atoms with Gasteiger partial charge in [-0.1, -0.05) is 22.0 Å². The van der Waals surface area contributed by atoms with Crippen molar-refractivity contribution in [1.82, 2.24) is 0 Å². The van der Waals surface area contributed by atoms with Crippen LogP contribution < -0.4 is 4.74 Å². The highest BCUT2D eigenvalue weighted by molar-refractivity contribution is 9.10. The summed E-state index contributed by atoms with van der Waals surface area (Å²) in [4.78, 5) is 0. The van der Waals surface area contributed by atoms with Crippen molar-refractivity contribution in [3.05, 3.63) is 28.7 Å². The van der Waals surface area contributed by atoms with Crippen LogP contribution in [-0.2, 0) is 0 Å². The lowest BCUT2D eigenvalue weighted by Crippen LogP contribution is -2.18. The Morgan fingerprint density at radius 3 is 2.86 bits per heavy atom. The molecule has 0 fully saturated rings. The molecule has 0 heterocycles. The lowest BCUT2D eigenvalue weighted by molar-refractivity contribution is 0.0821. The molecule has 0 aromatic heterocycles. The van der Waals surface area contributed by atoms with E-state index in [4.69, 9.17) is 9.84 Å². The van der Waals surface area contributed by atoms with Crippen LogP contribution in [0.25, 0.3) is 0 Å². The van der Waals surface area contributed by atoms with E-state index in [1.54, 1.807) is 0 Å². The topological polar surface area (TPSA) is 49.7 Å². The average Bonchev–Trinajstić information content (AvgIpc) is 2.15. The number of hydrogen-bond acceptors (Lipinski definition) is 3. The van der Waals surface area contributed by atoms with E-state index < -0.39 is 6.10 Å². The molecule has 0 aliphatic heterocycles. The Morgan fingerprint density at radius 2 is 2.21 bits per heavy atom. The molecule has 4 heteroatoms. The fourth-order valence-corrected chi connectivity index (χ4v) is 1.36. The maximum Gasteiger partial charge on any atom is 0.120 e. The Bertz CT molecular complexity index is 278. The molecule has 1 atom stereocenters. The van der Waals surface area contributed by atoms with Crippen molar-refractivity contribution in [1.29, 1.82) is 0 Å². The number of ether oxygens (including phenoxy) is 1. The van der Waals surface area contributed by atoms with Gasteiger partial charge in [-0.15, -0.1) is 0 Å². The summed E-state index contributed by atoms with van der Waals surface area (Å²) in [6, 6.07) is 7.40. The number of halogens is 1. The minimum atomic E-state index is -0.612. The number of benzene rings is 1. The molecular formula is C10H13BrO3. The van der Waals surface area contributed by atoms with Crippen molar-refractivity contribution in [2.24, 2.45) is 0 Å². The van der Waals surface area contributed by atoms with Gasteiger partial charge < -0.3 is 14.9 Å². The van der Waals surface area contributed by atoms with Gasteiger partial charge in [0.2, 0.25) is 0 Å². The molecular weight excluding hydrogens is 248 g/mol. The predicted octanol–water partition coefficient (Wildman–Crippen LogP) is 1.57. The van der Waals surface area contributed by atoms with Gasteiger partial charge in [0.15, 0.2) is 0 Å². The van der Waals surface area contributed by atoms with Crippen LogP contribution in [0.2, 0.25) is 0 Å². The van der Waals surface area contributed by atoms with Crippen molar-refractivity contribution in [3.63, 3.8) is 0 Å². The molecule has 3 nitrogen and oxygen atoms in total. The Labute approximate surface area is 91.5 Å². The van der Waals surface area contributed by atoms with Crippen molar-refractivity contribution in [2.45, 2.75) is 12.5 Å². The van der Waals surface area contributed by atoms with Gasteiger partial charge in [-0.2, -0.15) is 0 Å². The molecule has 1 rings (SSSR count). The standard InChI is InChI=1S/C10H13BrO3/c11-8-2-1-3-10(6-8)14-7-9(13)4-5-12/h1-3,6,9,12-13H,4-5,7H2. The van der Waals surface area contributed by atoms with Crippen LogP contribution >= 0.6 is 15.9 Å². The van der Waals surface area contributed by atoms with Crippen molar-refractivity contribution in [3.8, 4) is 5.75 Å². The van der Waals surface area contributed by atoms with Crippen LogP contribution in [0, 0.1) is 0 Å². The molecule has 1 aromatic rings. The van der Waals surface area contributed by atoms with E-state index in [0.717, 1.165) is 4.47 Å². The molecule has 0 amide bonds. The predicted molar refractivity (Wildman–Crippen MR) is 57.3 cm³/mol. The van der Waals surface area contributed by atoms with Crippen molar-refractivity contribution >= 4 is 15.9 Å². The lowest BCUT2D eigenvalue weighted by atomic mass is 10.3. The molecule has 1 unspecified atom stereocenters. The third-order valence-corrected chi connectivity index (χ3v) is 2.19. The van der Waals surface area contributed by atoms with Crippen LogP contribution in [0.4, 0.5) is 0 Å². The minimum absolute atomic E-state index is 0.0248. The Balaban J connectivity index is 2.37. The van der Waals surface area contributed by atoms with Gasteiger partial charge in [0.1, 0.15) is 12.4 Å². The molecule has 2 N–H and O–H groups in total. The first-order valence-corrected chi connectivity index (χ1v) is 5.19. The van der Waals surface area contributed by atoms with E-state index in [0.29, 0.717) is 12.2 Å². The van der Waals surface area contributed by atoms with E-state index in [1.807, 2.05) is 24.3 Å². The van der Waals surface area contributed by atoms with E-state index in [1.165, 1.54) is 0 Å². The molecule has 0 radical (unpaired) electrons. The van der Waals surface area contributed by atoms with Gasteiger partial charge in [-0.25, -0.2) is 0 Å². The molecule has 78 valence electrons. The molecule has 0 bridgehead atoms. The highest BCUT2D eigenvalue weighted by Crippen LogP contribution is 2.17. The number of aliphatic hydroxyl groups excluding tert-OH is 2. The van der Waals surface area contributed by atoms with Crippen LogP contribution in [0.15, 0.2) is 28.7 Å². The van der Waals surface area contributed by atoms with Crippen LogP contribution in [0.1, 0.15) is 6.42 Å².